The number of nitrogens with zero attached hydrogens (tertiary/aromatic N) is 8. The van der Waals surface area contributed by atoms with Crippen LogP contribution < -0.4 is 5.46 Å². The molecule has 12 nitrogen and oxygen atoms in total. The molecule has 0 spiro atoms. The molecule has 0 saturated heterocycles. The van der Waals surface area contributed by atoms with Gasteiger partial charge in [-0.3, -0.25) is 0 Å². The standard InChI is InChI=1S/C22H4F10N4O.C10H4Cl2N4O.C6H2BF5O2/c23-9-7(10(24)14(28)17(31)13(9)27)19-34-20(8-11(25)15(29)18(32)16(30)12(8)26)36-21(35-19)22-33-5-3-1-2-4-6(5)37-22;11-9-14-7(15-10(12)16-9)8-13-5-3-1-2-4-6(5)17-8;8-2-1(7(13)14)3(9)5(11)6(12)4(2)10/h1-4H;1-4H;13-14H. The average Bonchev–Trinajstić information content (AvgIpc) is 3.96. The summed E-state index contributed by atoms with van der Waals surface area (Å²) in [4.78, 5) is 29.9. The van der Waals surface area contributed by atoms with Crippen LogP contribution in [-0.2, 0) is 0 Å². The highest BCUT2D eigenvalue weighted by molar-refractivity contribution is 6.58. The van der Waals surface area contributed by atoms with Gasteiger partial charge >= 0.3 is 7.12 Å². The number of halogens is 17. The van der Waals surface area contributed by atoms with E-state index in [4.69, 9.17) is 42.1 Å². The van der Waals surface area contributed by atoms with Crippen LogP contribution in [0.2, 0.25) is 10.6 Å². The molecule has 0 fully saturated rings. The van der Waals surface area contributed by atoms with Gasteiger partial charge in [-0.2, -0.15) is 15.0 Å². The zero-order valence-electron chi connectivity index (χ0n) is 31.9. The third kappa shape index (κ3) is 9.04. The Labute approximate surface area is 374 Å². The van der Waals surface area contributed by atoms with Gasteiger partial charge in [0.25, 0.3) is 11.8 Å². The molecule has 68 heavy (non-hydrogen) atoms. The van der Waals surface area contributed by atoms with Gasteiger partial charge in [-0.15, -0.1) is 0 Å². The zero-order valence-corrected chi connectivity index (χ0v) is 33.4. The van der Waals surface area contributed by atoms with Crippen molar-refractivity contribution in [3.8, 4) is 46.2 Å². The Morgan fingerprint density at radius 3 is 0.985 bits per heavy atom. The van der Waals surface area contributed by atoms with E-state index in [1.165, 1.54) is 24.3 Å². The number of oxazole rings is 2. The van der Waals surface area contributed by atoms with E-state index < -0.39 is 134 Å². The number of benzene rings is 5. The monoisotopic (exact) mass is 1010 g/mol. The molecule has 0 atom stereocenters. The van der Waals surface area contributed by atoms with E-state index in [0.29, 0.717) is 5.58 Å². The topological polar surface area (TPSA) is 170 Å². The summed E-state index contributed by atoms with van der Waals surface area (Å²) in [6.45, 7) is 0. The predicted octanol–water partition coefficient (Wildman–Crippen LogP) is 9.45. The first-order valence-electron chi connectivity index (χ1n) is 17.6. The molecule has 5 aromatic carbocycles. The molecule has 4 heterocycles. The van der Waals surface area contributed by atoms with Crippen molar-refractivity contribution in [1.29, 1.82) is 0 Å². The van der Waals surface area contributed by atoms with Crippen LogP contribution in [0.5, 0.6) is 0 Å². The number of fused-ring (bicyclic) bond motifs is 2. The van der Waals surface area contributed by atoms with Crippen LogP contribution in [0.15, 0.2) is 57.4 Å². The van der Waals surface area contributed by atoms with Gasteiger partial charge in [0.2, 0.25) is 33.9 Å². The largest absolute Gasteiger partial charge is 0.494 e. The molecule has 9 aromatic rings. The molecule has 0 saturated carbocycles. The third-order valence-electron chi connectivity index (χ3n) is 8.56. The quantitative estimate of drug-likeness (QED) is 0.0726. The third-order valence-corrected chi connectivity index (χ3v) is 8.89. The van der Waals surface area contributed by atoms with E-state index in [1.807, 2.05) is 18.2 Å². The smallest absolute Gasteiger partial charge is 0.434 e. The summed E-state index contributed by atoms with van der Waals surface area (Å²) in [5.74, 6) is -39.7. The number of aromatic nitrogens is 8. The minimum Gasteiger partial charge on any atom is -0.434 e. The summed E-state index contributed by atoms with van der Waals surface area (Å²) < 4.78 is 213. The molecule has 0 unspecified atom stereocenters. The summed E-state index contributed by atoms with van der Waals surface area (Å²) in [5, 5.41) is 16.7. The molecule has 4 aromatic heterocycles. The molecule has 2 N–H and O–H groups in total. The van der Waals surface area contributed by atoms with Crippen molar-refractivity contribution in [3.63, 3.8) is 0 Å². The number of hydrogen-bond donors (Lipinski definition) is 2. The molecule has 30 heteroatoms. The molecule has 0 amide bonds. The molecular formula is C38H10BCl2F15N8O4. The van der Waals surface area contributed by atoms with Crippen molar-refractivity contribution in [2.75, 3.05) is 0 Å². The van der Waals surface area contributed by atoms with Gasteiger partial charge in [0.05, 0.1) is 16.6 Å². The minimum atomic E-state index is -2.76. The van der Waals surface area contributed by atoms with E-state index in [2.05, 4.69) is 39.9 Å². The second kappa shape index (κ2) is 19.1. The lowest BCUT2D eigenvalue weighted by molar-refractivity contribution is 0.373. The Hall–Kier alpha value is -7.43. The van der Waals surface area contributed by atoms with Crippen LogP contribution in [0.1, 0.15) is 0 Å². The number of para-hydroxylation sites is 4. The van der Waals surface area contributed by atoms with Crippen molar-refractivity contribution in [2.24, 2.45) is 0 Å². The van der Waals surface area contributed by atoms with Crippen molar-refractivity contribution in [2.45, 2.75) is 0 Å². The van der Waals surface area contributed by atoms with Gasteiger partial charge in [0.15, 0.2) is 98.4 Å². The highest BCUT2D eigenvalue weighted by atomic mass is 35.5. The van der Waals surface area contributed by atoms with E-state index in [-0.39, 0.29) is 33.4 Å². The van der Waals surface area contributed by atoms with E-state index >= 15 is 0 Å². The zero-order chi connectivity index (χ0) is 49.6. The van der Waals surface area contributed by atoms with Crippen LogP contribution in [0.4, 0.5) is 65.9 Å². The highest BCUT2D eigenvalue weighted by Crippen LogP contribution is 2.35. The molecule has 0 aliphatic rings. The molecule has 0 bridgehead atoms. The summed E-state index contributed by atoms with van der Waals surface area (Å²) in [6.07, 6.45) is 0. The minimum absolute atomic E-state index is 0.00209. The molecule has 0 radical (unpaired) electrons. The van der Waals surface area contributed by atoms with Crippen LogP contribution in [-0.4, -0.2) is 57.0 Å². The van der Waals surface area contributed by atoms with E-state index in [9.17, 15) is 65.9 Å². The Morgan fingerprint density at radius 1 is 0.353 bits per heavy atom. The average molecular weight is 1010 g/mol. The van der Waals surface area contributed by atoms with Crippen molar-refractivity contribution < 1.29 is 84.7 Å². The summed E-state index contributed by atoms with van der Waals surface area (Å²) in [5.41, 5.74) is -3.63. The Balaban J connectivity index is 0.000000181. The first kappa shape index (κ1) is 48.5. The van der Waals surface area contributed by atoms with Crippen molar-refractivity contribution in [1.82, 2.24) is 39.9 Å². The van der Waals surface area contributed by atoms with Crippen LogP contribution >= 0.6 is 23.2 Å². The van der Waals surface area contributed by atoms with E-state index in [0.717, 1.165) is 5.52 Å². The summed E-state index contributed by atoms with van der Waals surface area (Å²) in [7, 11) is -2.76. The second-order valence-electron chi connectivity index (χ2n) is 12.7. The first-order valence-corrected chi connectivity index (χ1v) is 18.3. The lowest BCUT2D eigenvalue weighted by Gasteiger charge is -2.11. The lowest BCUT2D eigenvalue weighted by Crippen LogP contribution is -2.38. The maximum Gasteiger partial charge on any atom is 0.494 e. The second-order valence-corrected chi connectivity index (χ2v) is 13.4. The summed E-state index contributed by atoms with van der Waals surface area (Å²) in [6, 6.07) is 13.2. The van der Waals surface area contributed by atoms with Gasteiger partial charge in [0.1, 0.15) is 11.0 Å². The Morgan fingerprint density at radius 2 is 0.647 bits per heavy atom. The molecule has 348 valence electrons. The normalized spacial score (nSPS) is 11.2. The van der Waals surface area contributed by atoms with Crippen LogP contribution in [0.25, 0.3) is 68.4 Å². The maximum atomic E-state index is 14.5. The van der Waals surface area contributed by atoms with Crippen molar-refractivity contribution in [3.05, 3.63) is 146 Å². The molecular weight excluding hydrogens is 999 g/mol. The van der Waals surface area contributed by atoms with Crippen molar-refractivity contribution >= 4 is 58.0 Å². The van der Waals surface area contributed by atoms with Gasteiger partial charge in [-0.1, -0.05) is 24.3 Å². The highest BCUT2D eigenvalue weighted by Gasteiger charge is 2.34. The fourth-order valence-corrected chi connectivity index (χ4v) is 5.87. The fraction of sp³-hybridized carbons (Fsp3) is 0. The van der Waals surface area contributed by atoms with Crippen LogP contribution in [0, 0.1) is 87.3 Å². The first-order chi connectivity index (χ1) is 32.1. The predicted molar refractivity (Wildman–Crippen MR) is 202 cm³/mol. The molecule has 0 aliphatic carbocycles. The number of hydrogen-bond acceptors (Lipinski definition) is 12. The number of rotatable bonds is 5. The van der Waals surface area contributed by atoms with Gasteiger partial charge in [-0.05, 0) is 47.5 Å². The molecule has 9 rings (SSSR count). The molecule has 0 aliphatic heterocycles. The fourth-order valence-electron chi connectivity index (χ4n) is 5.50. The van der Waals surface area contributed by atoms with Gasteiger partial charge in [0, 0.05) is 0 Å². The lowest BCUT2D eigenvalue weighted by atomic mass is 9.79. The SMILES string of the molecule is Clc1nc(Cl)nc(-c2nc3ccccc3o2)n1.Fc1c(F)c(F)c(-c2nc(-c3nc4ccccc4o3)nc(-c3c(F)c(F)c(F)c(F)c3F)n2)c(F)c1F.OB(O)c1c(F)c(F)c(F)c(F)c1F. The Bertz CT molecular complexity index is 3220. The van der Waals surface area contributed by atoms with Gasteiger partial charge < -0.3 is 18.9 Å². The van der Waals surface area contributed by atoms with Gasteiger partial charge in [-0.25, -0.2) is 90.8 Å². The van der Waals surface area contributed by atoms with E-state index in [1.54, 1.807) is 6.07 Å². The summed E-state index contributed by atoms with van der Waals surface area (Å²) >= 11 is 11.4. The Kier molecular flexibility index (Phi) is 13.6. The maximum absolute atomic E-state index is 14.5. The van der Waals surface area contributed by atoms with Crippen LogP contribution in [0.3, 0.4) is 0 Å².